The van der Waals surface area contributed by atoms with Crippen LogP contribution in [0.1, 0.15) is 24.8 Å². The highest BCUT2D eigenvalue weighted by Crippen LogP contribution is 2.39. The lowest BCUT2D eigenvalue weighted by molar-refractivity contribution is 0.0946. The first kappa shape index (κ1) is 17.1. The third kappa shape index (κ3) is 3.66. The van der Waals surface area contributed by atoms with Crippen molar-refractivity contribution in [3.8, 4) is 5.75 Å². The number of benzene rings is 1. The third-order valence-electron chi connectivity index (χ3n) is 5.40. The van der Waals surface area contributed by atoms with E-state index in [-0.39, 0.29) is 11.4 Å². The Morgan fingerprint density at radius 1 is 1.17 bits per heavy atom. The number of nitrogens with zero attached hydrogens (tertiary/aromatic N) is 3. The van der Waals surface area contributed by atoms with Crippen LogP contribution in [0, 0.1) is 5.41 Å². The van der Waals surface area contributed by atoms with Gasteiger partial charge in [-0.1, -0.05) is 12.1 Å². The van der Waals surface area contributed by atoms with E-state index in [1.165, 1.54) is 18.4 Å². The summed E-state index contributed by atoms with van der Waals surface area (Å²) < 4.78 is 5.23. The molecule has 2 saturated heterocycles. The fraction of sp³-hybridized carbons (Fsp3) is 0.632. The van der Waals surface area contributed by atoms with E-state index in [4.69, 9.17) is 4.74 Å². The number of carbonyl (C=O) groups excluding carboxylic acids is 1. The number of ether oxygens (including phenoxy) is 1. The van der Waals surface area contributed by atoms with Gasteiger partial charge in [0, 0.05) is 45.7 Å². The van der Waals surface area contributed by atoms with E-state index in [1.54, 1.807) is 12.0 Å². The SMILES string of the molecule is COc1ccc(CN2CCC3(CCCN(C(=O)N(C)C)C3)C2)cc1. The van der Waals surface area contributed by atoms with Crippen molar-refractivity contribution in [2.45, 2.75) is 25.8 Å². The number of urea groups is 1. The number of methoxy groups -OCH3 is 1. The van der Waals surface area contributed by atoms with Gasteiger partial charge < -0.3 is 14.5 Å². The van der Waals surface area contributed by atoms with Crippen molar-refractivity contribution in [2.24, 2.45) is 5.41 Å². The molecule has 1 atom stereocenters. The Balaban J connectivity index is 1.60. The summed E-state index contributed by atoms with van der Waals surface area (Å²) in [5, 5.41) is 0. The molecule has 0 N–H and O–H groups in total. The minimum atomic E-state index is 0.155. The minimum Gasteiger partial charge on any atom is -0.497 e. The molecule has 0 bridgehead atoms. The minimum absolute atomic E-state index is 0.155. The molecule has 24 heavy (non-hydrogen) atoms. The summed E-state index contributed by atoms with van der Waals surface area (Å²) in [6.45, 7) is 5.00. The molecule has 0 radical (unpaired) electrons. The Hall–Kier alpha value is -1.75. The van der Waals surface area contributed by atoms with Crippen molar-refractivity contribution in [3.63, 3.8) is 0 Å². The zero-order valence-electron chi connectivity index (χ0n) is 15.1. The molecule has 2 amide bonds. The lowest BCUT2D eigenvalue weighted by Crippen LogP contribution is -2.50. The second-order valence-electron chi connectivity index (χ2n) is 7.51. The van der Waals surface area contributed by atoms with Gasteiger partial charge in [0.05, 0.1) is 7.11 Å². The quantitative estimate of drug-likeness (QED) is 0.854. The first-order valence-corrected chi connectivity index (χ1v) is 8.83. The zero-order chi connectivity index (χ0) is 17.2. The first-order chi connectivity index (χ1) is 11.5. The topological polar surface area (TPSA) is 36.0 Å². The molecule has 2 fully saturated rings. The van der Waals surface area contributed by atoms with Crippen LogP contribution in [0.5, 0.6) is 5.75 Å². The van der Waals surface area contributed by atoms with E-state index in [1.807, 2.05) is 31.1 Å². The standard InChI is InChI=1S/C19H29N3O2/c1-20(2)18(23)22-11-4-9-19(15-22)10-12-21(14-19)13-16-5-7-17(24-3)8-6-16/h5-8H,4,9-15H2,1-3H3. The third-order valence-corrected chi connectivity index (χ3v) is 5.40. The van der Waals surface area contributed by atoms with Gasteiger partial charge in [0.2, 0.25) is 0 Å². The first-order valence-electron chi connectivity index (χ1n) is 8.83. The van der Waals surface area contributed by atoms with Crippen LogP contribution >= 0.6 is 0 Å². The van der Waals surface area contributed by atoms with Gasteiger partial charge in [-0.2, -0.15) is 0 Å². The van der Waals surface area contributed by atoms with E-state index in [0.29, 0.717) is 0 Å². The van der Waals surface area contributed by atoms with Crippen LogP contribution in [0.2, 0.25) is 0 Å². The van der Waals surface area contributed by atoms with E-state index in [0.717, 1.165) is 44.9 Å². The fourth-order valence-electron chi connectivity index (χ4n) is 4.14. The highest BCUT2D eigenvalue weighted by Gasteiger charge is 2.42. The van der Waals surface area contributed by atoms with Crippen molar-refractivity contribution in [3.05, 3.63) is 29.8 Å². The van der Waals surface area contributed by atoms with E-state index < -0.39 is 0 Å². The van der Waals surface area contributed by atoms with Gasteiger partial charge in [-0.3, -0.25) is 4.90 Å². The number of hydrogen-bond acceptors (Lipinski definition) is 3. The number of piperidine rings is 1. The summed E-state index contributed by atoms with van der Waals surface area (Å²) in [7, 11) is 5.38. The Kier molecular flexibility index (Phi) is 4.99. The number of likely N-dealkylation sites (tertiary alicyclic amines) is 2. The smallest absolute Gasteiger partial charge is 0.319 e. The predicted molar refractivity (Wildman–Crippen MR) is 95.2 cm³/mol. The lowest BCUT2D eigenvalue weighted by Gasteiger charge is -2.41. The molecule has 132 valence electrons. The van der Waals surface area contributed by atoms with Crippen molar-refractivity contribution in [1.82, 2.24) is 14.7 Å². The van der Waals surface area contributed by atoms with Crippen LogP contribution in [0.3, 0.4) is 0 Å². The Bertz CT molecular complexity index is 572. The van der Waals surface area contributed by atoms with Crippen molar-refractivity contribution in [1.29, 1.82) is 0 Å². The summed E-state index contributed by atoms with van der Waals surface area (Å²) in [5.74, 6) is 0.904. The number of hydrogen-bond donors (Lipinski definition) is 0. The second-order valence-corrected chi connectivity index (χ2v) is 7.51. The molecular formula is C19H29N3O2. The van der Waals surface area contributed by atoms with Crippen LogP contribution in [-0.2, 0) is 6.54 Å². The number of rotatable bonds is 3. The average molecular weight is 331 g/mol. The number of carbonyl (C=O) groups is 1. The van der Waals surface area contributed by atoms with Crippen LogP contribution in [0.25, 0.3) is 0 Å². The normalized spacial score (nSPS) is 24.4. The number of amides is 2. The molecule has 5 heteroatoms. The molecule has 1 aromatic rings. The maximum Gasteiger partial charge on any atom is 0.319 e. The molecule has 5 nitrogen and oxygen atoms in total. The fourth-order valence-corrected chi connectivity index (χ4v) is 4.14. The van der Waals surface area contributed by atoms with E-state index in [2.05, 4.69) is 17.0 Å². The predicted octanol–water partition coefficient (Wildman–Crippen LogP) is 2.66. The molecule has 1 unspecified atom stereocenters. The molecule has 1 spiro atoms. The molecular weight excluding hydrogens is 302 g/mol. The molecule has 0 saturated carbocycles. The molecule has 0 aliphatic carbocycles. The summed E-state index contributed by atoms with van der Waals surface area (Å²) in [6.07, 6.45) is 3.56. The van der Waals surface area contributed by atoms with Crippen LogP contribution < -0.4 is 4.74 Å². The second kappa shape index (κ2) is 7.01. The van der Waals surface area contributed by atoms with Crippen molar-refractivity contribution >= 4 is 6.03 Å². The summed E-state index contributed by atoms with van der Waals surface area (Å²) in [5.41, 5.74) is 1.61. The van der Waals surface area contributed by atoms with Gasteiger partial charge in [0.1, 0.15) is 5.75 Å². The molecule has 3 rings (SSSR count). The van der Waals surface area contributed by atoms with Crippen LogP contribution in [0.4, 0.5) is 4.79 Å². The van der Waals surface area contributed by atoms with E-state index >= 15 is 0 Å². The van der Waals surface area contributed by atoms with Gasteiger partial charge in [0.25, 0.3) is 0 Å². The maximum atomic E-state index is 12.3. The van der Waals surface area contributed by atoms with Gasteiger partial charge in [-0.25, -0.2) is 4.79 Å². The Morgan fingerprint density at radius 2 is 1.92 bits per heavy atom. The molecule has 0 aromatic heterocycles. The molecule has 1 aromatic carbocycles. The zero-order valence-corrected chi connectivity index (χ0v) is 15.1. The van der Waals surface area contributed by atoms with Gasteiger partial charge >= 0.3 is 6.03 Å². The largest absolute Gasteiger partial charge is 0.497 e. The summed E-state index contributed by atoms with van der Waals surface area (Å²) in [4.78, 5) is 18.6. The van der Waals surface area contributed by atoms with Gasteiger partial charge in [0.15, 0.2) is 0 Å². The summed E-state index contributed by atoms with van der Waals surface area (Å²) >= 11 is 0. The lowest BCUT2D eigenvalue weighted by atomic mass is 9.79. The van der Waals surface area contributed by atoms with Gasteiger partial charge in [-0.15, -0.1) is 0 Å². The highest BCUT2D eigenvalue weighted by atomic mass is 16.5. The molecule has 2 aliphatic rings. The Morgan fingerprint density at radius 3 is 2.58 bits per heavy atom. The highest BCUT2D eigenvalue weighted by molar-refractivity contribution is 5.74. The molecule has 2 aliphatic heterocycles. The van der Waals surface area contributed by atoms with E-state index in [9.17, 15) is 4.79 Å². The molecule has 2 heterocycles. The van der Waals surface area contributed by atoms with Crippen molar-refractivity contribution < 1.29 is 9.53 Å². The Labute approximate surface area is 145 Å². The average Bonchev–Trinajstić information content (AvgIpc) is 2.96. The van der Waals surface area contributed by atoms with Gasteiger partial charge in [-0.05, 0) is 43.5 Å². The van der Waals surface area contributed by atoms with Crippen molar-refractivity contribution in [2.75, 3.05) is 47.4 Å². The summed E-state index contributed by atoms with van der Waals surface area (Å²) in [6, 6.07) is 8.50. The monoisotopic (exact) mass is 331 g/mol. The maximum absolute atomic E-state index is 12.3. The van der Waals surface area contributed by atoms with Crippen LogP contribution in [0.15, 0.2) is 24.3 Å². The van der Waals surface area contributed by atoms with Crippen LogP contribution in [-0.4, -0.2) is 68.1 Å².